The highest BCUT2D eigenvalue weighted by Gasteiger charge is 2.27. The highest BCUT2D eigenvalue weighted by atomic mass is 16.6. The van der Waals surface area contributed by atoms with E-state index in [-0.39, 0.29) is 10.6 Å². The summed E-state index contributed by atoms with van der Waals surface area (Å²) in [7, 11) is 0. The molecule has 0 spiro atoms. The van der Waals surface area contributed by atoms with Gasteiger partial charge in [0.2, 0.25) is 0 Å². The molecular formula is C15H18N4O2. The SMILES string of the molecule is Cc1ccc(N2CCCC(c3ncc[nH]3)C2)c([N+](=O)[O-])c1. The second-order valence-corrected chi connectivity index (χ2v) is 5.51. The number of piperidine rings is 1. The van der Waals surface area contributed by atoms with E-state index in [4.69, 9.17) is 0 Å². The average molecular weight is 286 g/mol. The highest BCUT2D eigenvalue weighted by Crippen LogP contribution is 2.34. The summed E-state index contributed by atoms with van der Waals surface area (Å²) in [6.45, 7) is 3.48. The topological polar surface area (TPSA) is 75.1 Å². The van der Waals surface area contributed by atoms with Gasteiger partial charge in [0, 0.05) is 37.5 Å². The third-order valence-electron chi connectivity index (χ3n) is 4.00. The molecule has 6 heteroatoms. The zero-order valence-electron chi connectivity index (χ0n) is 12.0. The third-order valence-corrected chi connectivity index (χ3v) is 4.00. The van der Waals surface area contributed by atoms with E-state index in [1.54, 1.807) is 12.3 Å². The Morgan fingerprint density at radius 3 is 3.05 bits per heavy atom. The number of nitrogens with one attached hydrogen (secondary N) is 1. The Bertz CT molecular complexity index is 639. The first-order chi connectivity index (χ1) is 10.1. The molecule has 1 aromatic heterocycles. The van der Waals surface area contributed by atoms with Crippen LogP contribution in [0.5, 0.6) is 0 Å². The Hall–Kier alpha value is -2.37. The van der Waals surface area contributed by atoms with Crippen LogP contribution in [-0.4, -0.2) is 28.0 Å². The summed E-state index contributed by atoms with van der Waals surface area (Å²) in [5.74, 6) is 1.27. The van der Waals surface area contributed by atoms with Crippen molar-refractivity contribution in [3.8, 4) is 0 Å². The largest absolute Gasteiger partial charge is 0.365 e. The van der Waals surface area contributed by atoms with Crippen LogP contribution in [0.4, 0.5) is 11.4 Å². The number of aromatic nitrogens is 2. The van der Waals surface area contributed by atoms with E-state index >= 15 is 0 Å². The standard InChI is InChI=1S/C15H18N4O2/c1-11-4-5-13(14(9-11)19(20)21)18-8-2-3-12(10-18)15-16-6-7-17-15/h4-7,9,12H,2-3,8,10H2,1H3,(H,16,17). The molecule has 1 aliphatic heterocycles. The predicted molar refractivity (Wildman–Crippen MR) is 80.6 cm³/mol. The molecule has 1 unspecified atom stereocenters. The molecule has 1 N–H and O–H groups in total. The zero-order chi connectivity index (χ0) is 14.8. The van der Waals surface area contributed by atoms with Crippen LogP contribution in [0, 0.1) is 17.0 Å². The molecule has 1 atom stereocenters. The number of nitro benzene ring substituents is 1. The number of anilines is 1. The smallest absolute Gasteiger partial charge is 0.292 e. The summed E-state index contributed by atoms with van der Waals surface area (Å²) >= 11 is 0. The Balaban J connectivity index is 1.88. The summed E-state index contributed by atoms with van der Waals surface area (Å²) in [5.41, 5.74) is 1.81. The fourth-order valence-electron chi connectivity index (χ4n) is 2.97. The summed E-state index contributed by atoms with van der Waals surface area (Å²) < 4.78 is 0. The number of nitro groups is 1. The quantitative estimate of drug-likeness (QED) is 0.695. The van der Waals surface area contributed by atoms with E-state index < -0.39 is 0 Å². The minimum Gasteiger partial charge on any atom is -0.365 e. The number of aromatic amines is 1. The third kappa shape index (κ3) is 2.74. The number of H-pyrrole nitrogens is 1. The van der Waals surface area contributed by atoms with Gasteiger partial charge in [-0.15, -0.1) is 0 Å². The van der Waals surface area contributed by atoms with Crippen molar-refractivity contribution in [1.29, 1.82) is 0 Å². The number of hydrogen-bond donors (Lipinski definition) is 1. The van der Waals surface area contributed by atoms with Crippen LogP contribution in [0.2, 0.25) is 0 Å². The molecule has 2 aromatic rings. The van der Waals surface area contributed by atoms with E-state index in [0.717, 1.165) is 37.3 Å². The molecule has 0 radical (unpaired) electrons. The maximum Gasteiger partial charge on any atom is 0.292 e. The Kier molecular flexibility index (Phi) is 3.60. The molecule has 0 bridgehead atoms. The fourth-order valence-corrected chi connectivity index (χ4v) is 2.97. The molecule has 1 fully saturated rings. The molecule has 3 rings (SSSR count). The van der Waals surface area contributed by atoms with Crippen molar-refractivity contribution in [2.45, 2.75) is 25.7 Å². The first kappa shape index (κ1) is 13.6. The van der Waals surface area contributed by atoms with Gasteiger partial charge in [-0.05, 0) is 31.4 Å². The maximum absolute atomic E-state index is 11.3. The fraction of sp³-hybridized carbons (Fsp3) is 0.400. The Labute approximate surface area is 123 Å². The lowest BCUT2D eigenvalue weighted by Crippen LogP contribution is -2.35. The zero-order valence-corrected chi connectivity index (χ0v) is 12.0. The normalized spacial score (nSPS) is 18.7. The van der Waals surface area contributed by atoms with Gasteiger partial charge in [-0.3, -0.25) is 10.1 Å². The number of nitrogens with zero attached hydrogens (tertiary/aromatic N) is 3. The first-order valence-electron chi connectivity index (χ1n) is 7.14. The molecule has 1 aromatic carbocycles. The van der Waals surface area contributed by atoms with Gasteiger partial charge in [-0.25, -0.2) is 4.98 Å². The molecular weight excluding hydrogens is 268 g/mol. The van der Waals surface area contributed by atoms with Crippen molar-refractivity contribution >= 4 is 11.4 Å². The lowest BCUT2D eigenvalue weighted by molar-refractivity contribution is -0.384. The molecule has 0 amide bonds. The average Bonchev–Trinajstić information content (AvgIpc) is 3.01. The van der Waals surface area contributed by atoms with Crippen molar-refractivity contribution in [3.63, 3.8) is 0 Å². The van der Waals surface area contributed by atoms with E-state index in [1.165, 1.54) is 0 Å². The molecule has 1 saturated heterocycles. The van der Waals surface area contributed by atoms with E-state index in [1.807, 2.05) is 25.3 Å². The second kappa shape index (κ2) is 5.55. The number of hydrogen-bond acceptors (Lipinski definition) is 4. The predicted octanol–water partition coefficient (Wildman–Crippen LogP) is 3.01. The van der Waals surface area contributed by atoms with E-state index in [0.29, 0.717) is 11.6 Å². The maximum atomic E-state index is 11.3. The summed E-state index contributed by atoms with van der Waals surface area (Å²) in [5, 5.41) is 11.3. The van der Waals surface area contributed by atoms with Gasteiger partial charge in [0.25, 0.3) is 5.69 Å². The van der Waals surface area contributed by atoms with Crippen molar-refractivity contribution < 1.29 is 4.92 Å². The minimum absolute atomic E-state index is 0.190. The van der Waals surface area contributed by atoms with E-state index in [2.05, 4.69) is 14.9 Å². The van der Waals surface area contributed by atoms with Gasteiger partial charge in [-0.1, -0.05) is 6.07 Å². The van der Waals surface area contributed by atoms with Gasteiger partial charge in [0.1, 0.15) is 11.5 Å². The van der Waals surface area contributed by atoms with Gasteiger partial charge in [-0.2, -0.15) is 0 Å². The molecule has 21 heavy (non-hydrogen) atoms. The van der Waals surface area contributed by atoms with Crippen LogP contribution in [0.1, 0.15) is 30.1 Å². The van der Waals surface area contributed by atoms with Crippen LogP contribution in [-0.2, 0) is 0 Å². The van der Waals surface area contributed by atoms with Gasteiger partial charge >= 0.3 is 0 Å². The van der Waals surface area contributed by atoms with Crippen LogP contribution in [0.15, 0.2) is 30.6 Å². The molecule has 1 aliphatic rings. The van der Waals surface area contributed by atoms with Gasteiger partial charge in [0.15, 0.2) is 0 Å². The molecule has 110 valence electrons. The molecule has 2 heterocycles. The van der Waals surface area contributed by atoms with Crippen LogP contribution in [0.25, 0.3) is 0 Å². The highest BCUT2D eigenvalue weighted by molar-refractivity contribution is 5.64. The lowest BCUT2D eigenvalue weighted by atomic mass is 9.96. The van der Waals surface area contributed by atoms with Crippen molar-refractivity contribution in [2.24, 2.45) is 0 Å². The number of benzene rings is 1. The summed E-state index contributed by atoms with van der Waals surface area (Å²) in [6, 6.07) is 5.43. The molecule has 6 nitrogen and oxygen atoms in total. The minimum atomic E-state index is -0.293. The summed E-state index contributed by atoms with van der Waals surface area (Å²) in [4.78, 5) is 20.6. The Morgan fingerprint density at radius 2 is 2.33 bits per heavy atom. The number of rotatable bonds is 3. The van der Waals surface area contributed by atoms with Gasteiger partial charge < -0.3 is 9.88 Å². The van der Waals surface area contributed by atoms with Crippen molar-refractivity contribution in [3.05, 3.63) is 52.1 Å². The first-order valence-corrected chi connectivity index (χ1v) is 7.14. The van der Waals surface area contributed by atoms with Gasteiger partial charge in [0.05, 0.1) is 4.92 Å². The number of aryl methyl sites for hydroxylation is 1. The molecule has 0 saturated carbocycles. The van der Waals surface area contributed by atoms with Crippen LogP contribution < -0.4 is 4.90 Å². The number of imidazole rings is 1. The second-order valence-electron chi connectivity index (χ2n) is 5.51. The van der Waals surface area contributed by atoms with E-state index in [9.17, 15) is 10.1 Å². The lowest BCUT2D eigenvalue weighted by Gasteiger charge is -2.33. The Morgan fingerprint density at radius 1 is 1.48 bits per heavy atom. The summed E-state index contributed by atoms with van der Waals surface area (Å²) in [6.07, 6.45) is 5.64. The van der Waals surface area contributed by atoms with Crippen LogP contribution >= 0.6 is 0 Å². The van der Waals surface area contributed by atoms with Crippen LogP contribution in [0.3, 0.4) is 0 Å². The van der Waals surface area contributed by atoms with Crippen molar-refractivity contribution in [1.82, 2.24) is 9.97 Å². The molecule has 0 aliphatic carbocycles. The van der Waals surface area contributed by atoms with Crippen molar-refractivity contribution in [2.75, 3.05) is 18.0 Å². The monoisotopic (exact) mass is 286 g/mol.